The molecule has 2 aromatic rings. The number of hydrogen-bond donors (Lipinski definition) is 0. The quantitative estimate of drug-likeness (QED) is 0.729. The Kier molecular flexibility index (Phi) is 6.41. The molecule has 7 heteroatoms. The van der Waals surface area contributed by atoms with Gasteiger partial charge in [-0.2, -0.15) is 4.31 Å². The molecule has 0 radical (unpaired) electrons. The van der Waals surface area contributed by atoms with E-state index >= 15 is 0 Å². The van der Waals surface area contributed by atoms with Crippen molar-refractivity contribution in [3.63, 3.8) is 0 Å². The van der Waals surface area contributed by atoms with Crippen LogP contribution in [0.5, 0.6) is 5.75 Å². The van der Waals surface area contributed by atoms with Crippen LogP contribution in [-0.4, -0.2) is 60.9 Å². The first-order valence-electron chi connectivity index (χ1n) is 10.8. The Hall–Kier alpha value is -1.96. The Morgan fingerprint density at radius 2 is 1.57 bits per heavy atom. The van der Waals surface area contributed by atoms with Gasteiger partial charge in [-0.05, 0) is 74.9 Å². The molecule has 4 rings (SSSR count). The smallest absolute Gasteiger partial charge is 0.243 e. The van der Waals surface area contributed by atoms with Crippen LogP contribution in [0.1, 0.15) is 36.8 Å². The van der Waals surface area contributed by atoms with Gasteiger partial charge >= 0.3 is 0 Å². The van der Waals surface area contributed by atoms with Crippen LogP contribution >= 0.6 is 0 Å². The Morgan fingerprint density at radius 3 is 2.20 bits per heavy atom. The average Bonchev–Trinajstić information content (AvgIpc) is 2.77. The van der Waals surface area contributed by atoms with Gasteiger partial charge < -0.3 is 9.64 Å². The van der Waals surface area contributed by atoms with Crippen LogP contribution in [0, 0.1) is 13.8 Å². The second-order valence-corrected chi connectivity index (χ2v) is 10.4. The Labute approximate surface area is 179 Å². The Balaban J connectivity index is 1.29. The molecule has 2 saturated heterocycles. The van der Waals surface area contributed by atoms with Crippen LogP contribution < -0.4 is 4.74 Å². The summed E-state index contributed by atoms with van der Waals surface area (Å²) < 4.78 is 33.8. The van der Waals surface area contributed by atoms with Gasteiger partial charge in [0.25, 0.3) is 0 Å². The molecule has 0 bridgehead atoms. The molecule has 3 heterocycles. The lowest BCUT2D eigenvalue weighted by Crippen LogP contribution is -2.50. The predicted molar refractivity (Wildman–Crippen MR) is 117 cm³/mol. The summed E-state index contributed by atoms with van der Waals surface area (Å²) in [6, 6.07) is 9.68. The lowest BCUT2D eigenvalue weighted by Gasteiger charge is -2.41. The minimum Gasteiger partial charge on any atom is -0.490 e. The van der Waals surface area contributed by atoms with Crippen LogP contribution in [0.3, 0.4) is 0 Å². The summed E-state index contributed by atoms with van der Waals surface area (Å²) in [5.41, 5.74) is 2.13. The van der Waals surface area contributed by atoms with E-state index in [-0.39, 0.29) is 6.10 Å². The van der Waals surface area contributed by atoms with Gasteiger partial charge in [0, 0.05) is 44.6 Å². The van der Waals surface area contributed by atoms with Gasteiger partial charge in [0.05, 0.1) is 4.90 Å². The fraction of sp³-hybridized carbons (Fsp3) is 0.522. The molecule has 0 spiro atoms. The lowest BCUT2D eigenvalue weighted by molar-refractivity contribution is 0.0585. The van der Waals surface area contributed by atoms with Crippen LogP contribution in [0.4, 0.5) is 0 Å². The van der Waals surface area contributed by atoms with Gasteiger partial charge in [-0.1, -0.05) is 6.07 Å². The normalized spacial score (nSPS) is 20.3. The van der Waals surface area contributed by atoms with E-state index < -0.39 is 10.0 Å². The number of rotatable bonds is 5. The summed E-state index contributed by atoms with van der Waals surface area (Å²) in [5.74, 6) is 0.883. The van der Waals surface area contributed by atoms with E-state index in [1.807, 2.05) is 32.0 Å². The maximum absolute atomic E-state index is 13.0. The number of aryl methyl sites for hydroxylation is 2. The summed E-state index contributed by atoms with van der Waals surface area (Å²) in [5, 5.41) is 0. The molecule has 6 nitrogen and oxygen atoms in total. The number of ether oxygens (including phenoxy) is 1. The van der Waals surface area contributed by atoms with Crippen molar-refractivity contribution in [2.24, 2.45) is 0 Å². The van der Waals surface area contributed by atoms with Crippen LogP contribution in [0.25, 0.3) is 0 Å². The number of pyridine rings is 1. The molecule has 2 aliphatic heterocycles. The first-order valence-corrected chi connectivity index (χ1v) is 12.3. The van der Waals surface area contributed by atoms with E-state index in [1.165, 1.54) is 0 Å². The zero-order chi connectivity index (χ0) is 21.1. The van der Waals surface area contributed by atoms with Crippen LogP contribution in [-0.2, 0) is 10.0 Å². The second-order valence-electron chi connectivity index (χ2n) is 8.42. The number of piperidine rings is 2. The van der Waals surface area contributed by atoms with Crippen LogP contribution in [0.15, 0.2) is 47.6 Å². The minimum absolute atomic E-state index is 0.244. The summed E-state index contributed by atoms with van der Waals surface area (Å²) in [7, 11) is -3.41. The van der Waals surface area contributed by atoms with Gasteiger partial charge in [0.2, 0.25) is 10.0 Å². The van der Waals surface area contributed by atoms with Crippen molar-refractivity contribution in [1.82, 2.24) is 14.2 Å². The maximum atomic E-state index is 13.0. The molecule has 0 saturated carbocycles. The van der Waals surface area contributed by atoms with Crippen molar-refractivity contribution in [1.29, 1.82) is 0 Å². The molecule has 1 aromatic heterocycles. The second kappa shape index (κ2) is 9.04. The third-order valence-corrected chi connectivity index (χ3v) is 8.38. The third kappa shape index (κ3) is 4.68. The predicted octanol–water partition coefficient (Wildman–Crippen LogP) is 3.39. The molecule has 0 aliphatic carbocycles. The van der Waals surface area contributed by atoms with E-state index in [0.717, 1.165) is 55.6 Å². The highest BCUT2D eigenvalue weighted by Crippen LogP contribution is 2.27. The van der Waals surface area contributed by atoms with E-state index in [4.69, 9.17) is 4.74 Å². The van der Waals surface area contributed by atoms with Crippen molar-refractivity contribution in [3.8, 4) is 5.75 Å². The SMILES string of the molecule is Cc1ccc(S(=O)(=O)N2CCC(N3CCC(Oc4ccncc4)CC3)CC2)cc1C. The molecule has 0 atom stereocenters. The van der Waals surface area contributed by atoms with Gasteiger partial charge in [0.15, 0.2) is 0 Å². The molecule has 30 heavy (non-hydrogen) atoms. The number of benzene rings is 1. The fourth-order valence-electron chi connectivity index (χ4n) is 4.44. The topological polar surface area (TPSA) is 62.7 Å². The van der Waals surface area contributed by atoms with Crippen molar-refractivity contribution in [2.75, 3.05) is 26.2 Å². The van der Waals surface area contributed by atoms with E-state index in [2.05, 4.69) is 9.88 Å². The average molecular weight is 430 g/mol. The number of nitrogens with zero attached hydrogens (tertiary/aromatic N) is 3. The molecule has 0 amide bonds. The summed E-state index contributed by atoms with van der Waals surface area (Å²) in [4.78, 5) is 6.96. The highest BCUT2D eigenvalue weighted by atomic mass is 32.2. The highest BCUT2D eigenvalue weighted by Gasteiger charge is 2.33. The number of aromatic nitrogens is 1. The largest absolute Gasteiger partial charge is 0.490 e. The first kappa shape index (κ1) is 21.3. The molecular weight excluding hydrogens is 398 g/mol. The Morgan fingerprint density at radius 1 is 0.900 bits per heavy atom. The van der Waals surface area contributed by atoms with E-state index in [0.29, 0.717) is 24.0 Å². The van der Waals surface area contributed by atoms with Crippen molar-refractivity contribution in [3.05, 3.63) is 53.9 Å². The van der Waals surface area contributed by atoms with Crippen molar-refractivity contribution >= 4 is 10.0 Å². The van der Waals surface area contributed by atoms with Crippen molar-refractivity contribution < 1.29 is 13.2 Å². The molecule has 0 N–H and O–H groups in total. The van der Waals surface area contributed by atoms with Gasteiger partial charge in [-0.25, -0.2) is 8.42 Å². The molecule has 0 unspecified atom stereocenters. The van der Waals surface area contributed by atoms with Gasteiger partial charge in [-0.3, -0.25) is 4.98 Å². The van der Waals surface area contributed by atoms with Gasteiger partial charge in [-0.15, -0.1) is 0 Å². The molecule has 2 fully saturated rings. The lowest BCUT2D eigenvalue weighted by atomic mass is 10.00. The molecular formula is C23H31N3O3S. The number of sulfonamides is 1. The zero-order valence-electron chi connectivity index (χ0n) is 17.8. The summed E-state index contributed by atoms with van der Waals surface area (Å²) in [6.45, 7) is 7.15. The summed E-state index contributed by atoms with van der Waals surface area (Å²) >= 11 is 0. The molecule has 1 aromatic carbocycles. The zero-order valence-corrected chi connectivity index (χ0v) is 18.6. The van der Waals surface area contributed by atoms with E-state index in [9.17, 15) is 8.42 Å². The minimum atomic E-state index is -3.41. The highest BCUT2D eigenvalue weighted by molar-refractivity contribution is 7.89. The fourth-order valence-corrected chi connectivity index (χ4v) is 5.99. The first-order chi connectivity index (χ1) is 14.4. The van der Waals surface area contributed by atoms with E-state index in [1.54, 1.807) is 28.8 Å². The van der Waals surface area contributed by atoms with Crippen LogP contribution in [0.2, 0.25) is 0 Å². The molecule has 2 aliphatic rings. The molecule has 162 valence electrons. The number of likely N-dealkylation sites (tertiary alicyclic amines) is 1. The van der Waals surface area contributed by atoms with Gasteiger partial charge in [0.1, 0.15) is 11.9 Å². The maximum Gasteiger partial charge on any atom is 0.243 e. The Bertz CT molecular complexity index is 949. The monoisotopic (exact) mass is 429 g/mol. The number of hydrogen-bond acceptors (Lipinski definition) is 5. The third-order valence-electron chi connectivity index (χ3n) is 6.49. The standard InChI is InChI=1S/C23H31N3O3S/c1-18-3-4-23(17-19(18)2)30(27,28)26-15-7-20(8-16-26)25-13-9-22(10-14-25)29-21-5-11-24-12-6-21/h3-6,11-12,17,20,22H,7-10,13-16H2,1-2H3. The summed E-state index contributed by atoms with van der Waals surface area (Å²) in [6.07, 6.45) is 7.54. The van der Waals surface area contributed by atoms with Crippen molar-refractivity contribution in [2.45, 2.75) is 56.6 Å².